The number of benzene rings is 1. The molecule has 25 heavy (non-hydrogen) atoms. The Hall–Kier alpha value is -0.920. The van der Waals surface area contributed by atoms with Crippen molar-refractivity contribution < 1.29 is 9.47 Å². The lowest BCUT2D eigenvalue weighted by Gasteiger charge is -2.16. The highest BCUT2D eigenvalue weighted by Gasteiger charge is 2.08. The first kappa shape index (κ1) is 22.1. The fraction of sp³-hybridized carbons (Fsp3) is 0.684. The minimum atomic E-state index is 0.825. The summed E-state index contributed by atoms with van der Waals surface area (Å²) in [6.45, 7) is 1.65. The summed E-state index contributed by atoms with van der Waals surface area (Å²) in [4.78, 5) is 0. The molecular weight excluding hydrogens is 303 g/mol. The van der Waals surface area contributed by atoms with Gasteiger partial charge in [-0.15, -0.1) is 0 Å². The van der Waals surface area contributed by atoms with E-state index in [1.807, 2.05) is 0 Å². The quantitative estimate of drug-likeness (QED) is 0.351. The van der Waals surface area contributed by atoms with Crippen LogP contribution in [0, 0.1) is 0 Å². The average Bonchev–Trinajstić information content (AvgIpc) is 2.62. The second-order valence-electron chi connectivity index (χ2n) is 7.10. The summed E-state index contributed by atoms with van der Waals surface area (Å²) in [6, 6.07) is 4.35. The van der Waals surface area contributed by atoms with Crippen molar-refractivity contribution >= 4 is 36.8 Å². The van der Waals surface area contributed by atoms with Gasteiger partial charge in [-0.25, -0.2) is 0 Å². The van der Waals surface area contributed by atoms with Crippen molar-refractivity contribution in [1.29, 1.82) is 0 Å². The number of rotatable bonds is 15. The van der Waals surface area contributed by atoms with Crippen LogP contribution >= 0.6 is 0 Å². The molecule has 0 aliphatic carbocycles. The van der Waals surface area contributed by atoms with Crippen LogP contribution in [0.2, 0.25) is 12.6 Å². The van der Waals surface area contributed by atoms with Crippen molar-refractivity contribution in [1.82, 2.24) is 0 Å². The lowest BCUT2D eigenvalue weighted by Crippen LogP contribution is -2.13. The third-order valence-corrected chi connectivity index (χ3v) is 4.75. The molecule has 0 aliphatic rings. The van der Waals surface area contributed by atoms with Crippen LogP contribution in [-0.4, -0.2) is 44.6 Å². The molecule has 0 N–H and O–H groups in total. The van der Waals surface area contributed by atoms with Gasteiger partial charge in [-0.05, 0) is 36.0 Å². The zero-order valence-electron chi connectivity index (χ0n) is 17.2. The Bertz CT molecular complexity index is 469. The largest absolute Gasteiger partial charge is 0.494 e. The molecule has 136 valence electrons. The van der Waals surface area contributed by atoms with E-state index in [0.717, 1.165) is 43.9 Å². The van der Waals surface area contributed by atoms with Gasteiger partial charge in [-0.3, -0.25) is 0 Å². The first-order valence-electron chi connectivity index (χ1n) is 10.6. The molecule has 0 bridgehead atoms. The van der Waals surface area contributed by atoms with Crippen molar-refractivity contribution in [2.24, 2.45) is 0 Å². The second kappa shape index (κ2) is 14.3. The maximum Gasteiger partial charge on any atom is 0.144 e. The minimum absolute atomic E-state index is 0.825. The molecule has 0 spiro atoms. The molecule has 0 amide bonds. The van der Waals surface area contributed by atoms with Crippen LogP contribution in [0.3, 0.4) is 0 Å². The summed E-state index contributed by atoms with van der Waals surface area (Å²) in [5.41, 5.74) is 2.45. The first-order chi connectivity index (χ1) is 12.2. The van der Waals surface area contributed by atoms with Gasteiger partial charge in [0.2, 0.25) is 0 Å². The molecule has 0 heterocycles. The van der Waals surface area contributed by atoms with Gasteiger partial charge < -0.3 is 9.47 Å². The Morgan fingerprint density at radius 3 is 1.68 bits per heavy atom. The van der Waals surface area contributed by atoms with E-state index >= 15 is 0 Å². The van der Waals surface area contributed by atoms with Gasteiger partial charge in [0.1, 0.15) is 42.9 Å². The summed E-state index contributed by atoms with van der Waals surface area (Å²) in [6.07, 6.45) is 13.7. The fourth-order valence-corrected chi connectivity index (χ4v) is 3.05. The predicted molar refractivity (Wildman–Crippen MR) is 121 cm³/mol. The fourth-order valence-electron chi connectivity index (χ4n) is 3.05. The van der Waals surface area contributed by atoms with E-state index in [0.29, 0.717) is 0 Å². The highest BCUT2D eigenvalue weighted by molar-refractivity contribution is 6.34. The van der Waals surface area contributed by atoms with Gasteiger partial charge in [-0.1, -0.05) is 57.5 Å². The molecule has 0 fully saturated rings. The van der Waals surface area contributed by atoms with Gasteiger partial charge >= 0.3 is 0 Å². The molecule has 0 radical (unpaired) electrons. The van der Waals surface area contributed by atoms with Gasteiger partial charge in [0.25, 0.3) is 0 Å². The van der Waals surface area contributed by atoms with Crippen LogP contribution in [-0.2, 0) is 6.32 Å². The van der Waals surface area contributed by atoms with E-state index in [2.05, 4.69) is 43.5 Å². The van der Waals surface area contributed by atoms with Crippen LogP contribution in [0.5, 0.6) is 11.5 Å². The molecule has 0 unspecified atom stereocenters. The van der Waals surface area contributed by atoms with Gasteiger partial charge in [-0.2, -0.15) is 0 Å². The van der Waals surface area contributed by atoms with Gasteiger partial charge in [0, 0.05) is 0 Å². The standard InChI is InChI=1S/C19H36B4O2/c20-9-5-1-3-7-11-24-18-14-17(23)19(13-16(18)15-22)25-12-8-4-2-6-10-21/h13-14H,1-12,15,20-23H2. The normalized spacial score (nSPS) is 10.7. The zero-order valence-corrected chi connectivity index (χ0v) is 17.2. The van der Waals surface area contributed by atoms with Gasteiger partial charge in [0.05, 0.1) is 13.2 Å². The van der Waals surface area contributed by atoms with E-state index < -0.39 is 0 Å². The van der Waals surface area contributed by atoms with Gasteiger partial charge in [0.15, 0.2) is 0 Å². The first-order valence-corrected chi connectivity index (χ1v) is 10.6. The molecule has 0 aliphatic heterocycles. The molecular formula is C19H36B4O2. The molecule has 0 saturated heterocycles. The van der Waals surface area contributed by atoms with Crippen LogP contribution in [0.15, 0.2) is 12.1 Å². The Balaban J connectivity index is 2.43. The maximum absolute atomic E-state index is 6.06. The van der Waals surface area contributed by atoms with Crippen molar-refractivity contribution in [2.75, 3.05) is 13.2 Å². The van der Waals surface area contributed by atoms with E-state index in [9.17, 15) is 0 Å². The topological polar surface area (TPSA) is 18.5 Å². The van der Waals surface area contributed by atoms with Crippen LogP contribution in [0.1, 0.15) is 56.9 Å². The Kier molecular flexibility index (Phi) is 12.6. The summed E-state index contributed by atoms with van der Waals surface area (Å²) in [5, 5.41) is 0. The second-order valence-corrected chi connectivity index (χ2v) is 7.10. The highest BCUT2D eigenvalue weighted by atomic mass is 16.5. The maximum atomic E-state index is 6.06. The van der Waals surface area contributed by atoms with Crippen molar-refractivity contribution in [3.8, 4) is 11.5 Å². The lowest BCUT2D eigenvalue weighted by molar-refractivity contribution is 0.297. The van der Waals surface area contributed by atoms with Crippen LogP contribution < -0.4 is 14.9 Å². The Labute approximate surface area is 159 Å². The monoisotopic (exact) mass is 340 g/mol. The molecule has 2 nitrogen and oxygen atoms in total. The predicted octanol–water partition coefficient (Wildman–Crippen LogP) is 1.06. The number of unbranched alkanes of at least 4 members (excludes halogenated alkanes) is 6. The SMILES string of the molecule is BCCCCCCOc1cc(CB)c(OCCCCCCB)cc1B. The zero-order chi connectivity index (χ0) is 18.3. The number of hydrogen-bond acceptors (Lipinski definition) is 2. The van der Waals surface area contributed by atoms with E-state index in [1.54, 1.807) is 0 Å². The molecule has 0 aromatic heterocycles. The Morgan fingerprint density at radius 1 is 0.640 bits per heavy atom. The number of hydrogen-bond donors (Lipinski definition) is 0. The highest BCUT2D eigenvalue weighted by Crippen LogP contribution is 2.23. The van der Waals surface area contributed by atoms with E-state index in [1.165, 1.54) is 62.2 Å². The van der Waals surface area contributed by atoms with E-state index in [-0.39, 0.29) is 0 Å². The molecule has 6 heteroatoms. The molecule has 0 atom stereocenters. The molecule has 0 saturated carbocycles. The summed E-state index contributed by atoms with van der Waals surface area (Å²) in [5.74, 6) is 2.08. The molecule has 1 rings (SSSR count). The van der Waals surface area contributed by atoms with Crippen molar-refractivity contribution in [2.45, 2.75) is 70.3 Å². The summed E-state index contributed by atoms with van der Waals surface area (Å²) < 4.78 is 12.1. The number of ether oxygens (including phenoxy) is 2. The van der Waals surface area contributed by atoms with Crippen LogP contribution in [0.25, 0.3) is 0 Å². The summed E-state index contributed by atoms with van der Waals surface area (Å²) in [7, 11) is 8.82. The molecule has 1 aromatic rings. The average molecular weight is 340 g/mol. The van der Waals surface area contributed by atoms with Crippen LogP contribution in [0.4, 0.5) is 0 Å². The van der Waals surface area contributed by atoms with Crippen molar-refractivity contribution in [3.05, 3.63) is 17.7 Å². The third-order valence-electron chi connectivity index (χ3n) is 4.75. The van der Waals surface area contributed by atoms with E-state index in [4.69, 9.17) is 9.47 Å². The summed E-state index contributed by atoms with van der Waals surface area (Å²) >= 11 is 0. The Morgan fingerprint density at radius 2 is 1.16 bits per heavy atom. The molecule has 1 aromatic carbocycles. The third kappa shape index (κ3) is 9.37. The smallest absolute Gasteiger partial charge is 0.144 e. The lowest BCUT2D eigenvalue weighted by atomic mass is 9.89. The van der Waals surface area contributed by atoms with Crippen molar-refractivity contribution in [3.63, 3.8) is 0 Å². The minimum Gasteiger partial charge on any atom is -0.494 e.